The lowest BCUT2D eigenvalue weighted by Crippen LogP contribution is -2.50. The monoisotopic (exact) mass is 734 g/mol. The summed E-state index contributed by atoms with van der Waals surface area (Å²) in [5.74, 6) is -0.163. The van der Waals surface area contributed by atoms with Crippen molar-refractivity contribution in [2.45, 2.75) is 66.6 Å². The average Bonchev–Trinajstić information content (AvgIpc) is 2.97. The minimum absolute atomic E-state index is 0.0268. The molecule has 4 amide bonds. The van der Waals surface area contributed by atoms with Gasteiger partial charge < -0.3 is 21.3 Å². The third kappa shape index (κ3) is 13.7. The van der Waals surface area contributed by atoms with Gasteiger partial charge in [0.2, 0.25) is 23.6 Å². The van der Waals surface area contributed by atoms with Crippen LogP contribution in [0.1, 0.15) is 54.4 Å². The van der Waals surface area contributed by atoms with Gasteiger partial charge >= 0.3 is 15.6 Å². The van der Waals surface area contributed by atoms with Crippen LogP contribution in [0.4, 0.5) is 0 Å². The van der Waals surface area contributed by atoms with E-state index in [1.807, 2.05) is 0 Å². The van der Waals surface area contributed by atoms with Crippen molar-refractivity contribution in [1.29, 1.82) is 0 Å². The fraction of sp³-hybridized carbons (Fsp3) is 0.846. The summed E-state index contributed by atoms with van der Waals surface area (Å²) in [6, 6.07) is 0. The Morgan fingerprint density at radius 3 is 1.39 bits per heavy atom. The fourth-order valence-electron chi connectivity index (χ4n) is 4.05. The Hall–Kier alpha value is -1.20. The SMILES string of the molecule is CCOP1(=O)OCC(C)(C)[C@H](C(=O)NCCC(=O)NCCSSCCNC(=O)CCNC(=O)[C@@H]2OP(=O)(OCC)OCC2(C)C)O1. The molecule has 20 heteroatoms. The molecule has 0 saturated carbocycles. The molecule has 4 N–H and O–H groups in total. The van der Waals surface area contributed by atoms with E-state index in [0.29, 0.717) is 24.6 Å². The van der Waals surface area contributed by atoms with Crippen LogP contribution in [0.5, 0.6) is 0 Å². The van der Waals surface area contributed by atoms with Gasteiger partial charge in [-0.2, -0.15) is 0 Å². The van der Waals surface area contributed by atoms with Crippen molar-refractivity contribution in [3.8, 4) is 0 Å². The fourth-order valence-corrected chi connectivity index (χ4v) is 9.15. The van der Waals surface area contributed by atoms with Crippen LogP contribution in [0, 0.1) is 10.8 Å². The van der Waals surface area contributed by atoms with Gasteiger partial charge in [0.1, 0.15) is 0 Å². The summed E-state index contributed by atoms with van der Waals surface area (Å²) >= 11 is 0. The lowest BCUT2D eigenvalue weighted by Gasteiger charge is -2.39. The van der Waals surface area contributed by atoms with E-state index < -0.39 is 50.5 Å². The van der Waals surface area contributed by atoms with Crippen LogP contribution >= 0.6 is 37.2 Å². The molecule has 0 aromatic carbocycles. The van der Waals surface area contributed by atoms with E-state index in [4.69, 9.17) is 27.1 Å². The average molecular weight is 735 g/mol. The predicted octanol–water partition coefficient (Wildman–Crippen LogP) is 2.79. The van der Waals surface area contributed by atoms with E-state index in [1.165, 1.54) is 21.6 Å². The number of phosphoric ester groups is 2. The van der Waals surface area contributed by atoms with Crippen LogP contribution in [0.2, 0.25) is 0 Å². The van der Waals surface area contributed by atoms with Gasteiger partial charge in [-0.1, -0.05) is 49.3 Å². The van der Waals surface area contributed by atoms with Crippen molar-refractivity contribution in [1.82, 2.24) is 21.3 Å². The Morgan fingerprint density at radius 2 is 1.04 bits per heavy atom. The van der Waals surface area contributed by atoms with Crippen molar-refractivity contribution in [3.63, 3.8) is 0 Å². The summed E-state index contributed by atoms with van der Waals surface area (Å²) in [4.78, 5) is 49.6. The molecule has 2 fully saturated rings. The maximum atomic E-state index is 12.6. The summed E-state index contributed by atoms with van der Waals surface area (Å²) in [6.07, 6.45) is -1.96. The van der Waals surface area contributed by atoms with Gasteiger partial charge in [-0.15, -0.1) is 0 Å². The van der Waals surface area contributed by atoms with Crippen molar-refractivity contribution in [2.75, 3.05) is 64.1 Å². The molecule has 0 aromatic heterocycles. The molecule has 0 aliphatic carbocycles. The molecule has 16 nitrogen and oxygen atoms in total. The Labute approximate surface area is 278 Å². The molecule has 2 heterocycles. The van der Waals surface area contributed by atoms with E-state index in [2.05, 4.69) is 21.3 Å². The highest BCUT2D eigenvalue weighted by molar-refractivity contribution is 8.76. The third-order valence-electron chi connectivity index (χ3n) is 6.53. The molecule has 0 aromatic rings. The van der Waals surface area contributed by atoms with Crippen LogP contribution in [0.25, 0.3) is 0 Å². The Bertz CT molecular complexity index is 1060. The minimum atomic E-state index is -3.81. The van der Waals surface area contributed by atoms with Gasteiger partial charge in [-0.25, -0.2) is 9.13 Å². The molecule has 2 rings (SSSR count). The van der Waals surface area contributed by atoms with E-state index in [9.17, 15) is 28.3 Å². The highest BCUT2D eigenvalue weighted by Crippen LogP contribution is 2.58. The predicted molar refractivity (Wildman–Crippen MR) is 174 cm³/mol. The zero-order chi connectivity index (χ0) is 34.4. The number of amides is 4. The molecule has 0 bridgehead atoms. The first-order chi connectivity index (χ1) is 21.6. The standard InChI is InChI=1S/C26H48N4O12P2S2/c1-7-37-43(35)39-17-25(3,4)21(41-43)23(33)29-11-9-19(31)27-13-15-45-46-16-14-28-20(32)10-12-30-24(34)22-26(5,6)18-40-44(36,42-22)38-8-2/h21-22H,7-18H2,1-6H3,(H,27,31)(H,28,32)(H,29,33)(H,30,34)/t21-,22-,43?,44?/m0/s1. The molecule has 2 aliphatic heterocycles. The first-order valence-electron chi connectivity index (χ1n) is 15.0. The zero-order valence-electron chi connectivity index (χ0n) is 27.2. The quantitative estimate of drug-likeness (QED) is 0.0856. The second-order valence-corrected chi connectivity index (χ2v) is 17.6. The van der Waals surface area contributed by atoms with Crippen LogP contribution in [-0.2, 0) is 55.5 Å². The molecule has 0 spiro atoms. The molecule has 2 unspecified atom stereocenters. The van der Waals surface area contributed by atoms with Crippen LogP contribution in [0.15, 0.2) is 0 Å². The van der Waals surface area contributed by atoms with Gasteiger partial charge in [-0.3, -0.25) is 46.3 Å². The van der Waals surface area contributed by atoms with Crippen LogP contribution in [0.3, 0.4) is 0 Å². The van der Waals surface area contributed by atoms with E-state index in [1.54, 1.807) is 41.5 Å². The van der Waals surface area contributed by atoms with Gasteiger partial charge in [0.05, 0.1) is 26.4 Å². The number of carbonyl (C=O) groups excluding carboxylic acids is 4. The summed E-state index contributed by atoms with van der Waals surface area (Å²) < 4.78 is 56.2. The molecule has 4 atom stereocenters. The second-order valence-electron chi connectivity index (χ2n) is 11.7. The van der Waals surface area contributed by atoms with Gasteiger partial charge in [-0.05, 0) is 13.8 Å². The molecule has 2 aliphatic rings. The van der Waals surface area contributed by atoms with Gasteiger partial charge in [0, 0.05) is 61.4 Å². The lowest BCUT2D eigenvalue weighted by molar-refractivity contribution is -0.142. The van der Waals surface area contributed by atoms with Crippen LogP contribution < -0.4 is 21.3 Å². The normalized spacial score (nSPS) is 26.9. The number of carbonyl (C=O) groups is 4. The van der Waals surface area contributed by atoms with Gasteiger partial charge in [0.25, 0.3) is 0 Å². The van der Waals surface area contributed by atoms with E-state index in [-0.39, 0.29) is 64.2 Å². The molecule has 2 saturated heterocycles. The van der Waals surface area contributed by atoms with Crippen molar-refractivity contribution in [3.05, 3.63) is 0 Å². The number of phosphoric acid groups is 2. The van der Waals surface area contributed by atoms with E-state index in [0.717, 1.165) is 0 Å². The summed E-state index contributed by atoms with van der Waals surface area (Å²) in [5, 5.41) is 10.9. The molecular formula is C26H48N4O12P2S2. The lowest BCUT2D eigenvalue weighted by atomic mass is 9.87. The molecule has 0 radical (unpaired) electrons. The number of hydrogen-bond donors (Lipinski definition) is 4. The van der Waals surface area contributed by atoms with Crippen molar-refractivity contribution in [2.24, 2.45) is 10.8 Å². The minimum Gasteiger partial charge on any atom is -0.355 e. The van der Waals surface area contributed by atoms with Crippen molar-refractivity contribution < 1.29 is 55.5 Å². The smallest absolute Gasteiger partial charge is 0.355 e. The maximum absolute atomic E-state index is 12.6. The third-order valence-corrected chi connectivity index (χ3v) is 11.9. The summed E-state index contributed by atoms with van der Waals surface area (Å²) in [7, 11) is -4.54. The first-order valence-corrected chi connectivity index (χ1v) is 20.5. The number of rotatable bonds is 19. The summed E-state index contributed by atoms with van der Waals surface area (Å²) in [6.45, 7) is 11.6. The first kappa shape index (κ1) is 41.0. The molecule has 46 heavy (non-hydrogen) atoms. The molecular weight excluding hydrogens is 686 g/mol. The Balaban J connectivity index is 1.51. The topological polar surface area (TPSA) is 206 Å². The Kier molecular flexibility index (Phi) is 17.0. The largest absolute Gasteiger partial charge is 0.475 e. The van der Waals surface area contributed by atoms with Gasteiger partial charge in [0.15, 0.2) is 12.2 Å². The summed E-state index contributed by atoms with van der Waals surface area (Å²) in [5.41, 5.74) is -1.46. The number of hydrogen-bond acceptors (Lipinski definition) is 14. The van der Waals surface area contributed by atoms with Crippen molar-refractivity contribution >= 4 is 60.9 Å². The zero-order valence-corrected chi connectivity index (χ0v) is 30.7. The highest BCUT2D eigenvalue weighted by Gasteiger charge is 2.50. The second kappa shape index (κ2) is 19.1. The highest BCUT2D eigenvalue weighted by atomic mass is 33.1. The van der Waals surface area contributed by atoms with E-state index >= 15 is 0 Å². The number of nitrogens with one attached hydrogen (secondary N) is 4. The molecule has 266 valence electrons. The van der Waals surface area contributed by atoms with Crippen LogP contribution in [-0.4, -0.2) is 99.9 Å². The maximum Gasteiger partial charge on any atom is 0.475 e. The Morgan fingerprint density at radius 1 is 0.674 bits per heavy atom.